The predicted molar refractivity (Wildman–Crippen MR) is 131 cm³/mol. The molecule has 2 aromatic carbocycles. The minimum Gasteiger partial charge on any atom is -0.279 e. The smallest absolute Gasteiger partial charge is 0.260 e. The van der Waals surface area contributed by atoms with Gasteiger partial charge in [0.15, 0.2) is 5.13 Å². The molecule has 4 nitrogen and oxygen atoms in total. The Balaban J connectivity index is 1.75. The zero-order valence-corrected chi connectivity index (χ0v) is 19.5. The van der Waals surface area contributed by atoms with Crippen molar-refractivity contribution in [3.63, 3.8) is 0 Å². The summed E-state index contributed by atoms with van der Waals surface area (Å²) in [6.45, 7) is 6.89. The lowest BCUT2D eigenvalue weighted by molar-refractivity contribution is 0.0985. The molecule has 0 unspecified atom stereocenters. The van der Waals surface area contributed by atoms with E-state index in [-0.39, 0.29) is 5.91 Å². The number of fused-ring (bicyclic) bond motifs is 1. The monoisotopic (exact) mass is 447 g/mol. The zero-order valence-electron chi connectivity index (χ0n) is 17.9. The van der Waals surface area contributed by atoms with Crippen molar-refractivity contribution in [3.8, 4) is 0 Å². The summed E-state index contributed by atoms with van der Waals surface area (Å²) in [5.74, 6) is 1.32. The van der Waals surface area contributed by atoms with E-state index in [1.165, 1.54) is 10.5 Å². The van der Waals surface area contributed by atoms with Gasteiger partial charge in [0.25, 0.3) is 5.91 Å². The molecule has 0 spiro atoms. The SMILES string of the molecule is CCSc1ccc(C(=O)N(Cc2cccnc2)c2nc3c(C(C)C)cccc3s2)cc1. The van der Waals surface area contributed by atoms with Gasteiger partial charge in [-0.1, -0.05) is 50.3 Å². The molecular weight excluding hydrogens is 422 g/mol. The molecule has 0 aliphatic carbocycles. The first-order valence-corrected chi connectivity index (χ1v) is 12.2. The number of benzene rings is 2. The minimum absolute atomic E-state index is 0.0537. The minimum atomic E-state index is -0.0537. The summed E-state index contributed by atoms with van der Waals surface area (Å²) in [6, 6.07) is 18.0. The molecule has 6 heteroatoms. The molecule has 2 aromatic heterocycles. The number of rotatable bonds is 7. The molecule has 1 amide bonds. The van der Waals surface area contributed by atoms with Crippen LogP contribution in [-0.4, -0.2) is 21.6 Å². The molecule has 2 heterocycles. The summed E-state index contributed by atoms with van der Waals surface area (Å²) in [5.41, 5.74) is 3.82. The average Bonchev–Trinajstić information content (AvgIpc) is 3.22. The van der Waals surface area contributed by atoms with Crippen LogP contribution in [0.2, 0.25) is 0 Å². The highest BCUT2D eigenvalue weighted by Gasteiger charge is 2.23. The highest BCUT2D eigenvalue weighted by molar-refractivity contribution is 7.99. The number of thioether (sulfide) groups is 1. The van der Waals surface area contributed by atoms with Crippen LogP contribution < -0.4 is 4.90 Å². The number of carbonyl (C=O) groups excluding carboxylic acids is 1. The first kappa shape index (κ1) is 21.5. The summed E-state index contributed by atoms with van der Waals surface area (Å²) >= 11 is 3.33. The first-order chi connectivity index (χ1) is 15.1. The standard InChI is InChI=1S/C25H25N3OS2/c1-4-30-20-12-10-19(11-13-20)24(29)28(16-18-7-6-14-26-15-18)25-27-23-21(17(2)3)8-5-9-22(23)31-25/h5-15,17H,4,16H2,1-3H3. The molecule has 4 rings (SSSR count). The molecule has 31 heavy (non-hydrogen) atoms. The van der Waals surface area contributed by atoms with Crippen LogP contribution in [0.4, 0.5) is 5.13 Å². The first-order valence-electron chi connectivity index (χ1n) is 10.4. The second kappa shape index (κ2) is 9.62. The van der Waals surface area contributed by atoms with Crippen molar-refractivity contribution in [3.05, 3.63) is 83.7 Å². The van der Waals surface area contributed by atoms with E-state index < -0.39 is 0 Å². The number of nitrogens with zero attached hydrogens (tertiary/aromatic N) is 3. The lowest BCUT2D eigenvalue weighted by Crippen LogP contribution is -2.30. The number of para-hydroxylation sites is 1. The van der Waals surface area contributed by atoms with Crippen LogP contribution in [0, 0.1) is 0 Å². The molecule has 158 valence electrons. The van der Waals surface area contributed by atoms with E-state index in [0.717, 1.165) is 21.5 Å². The number of thiazole rings is 1. The van der Waals surface area contributed by atoms with Gasteiger partial charge in [-0.05, 0) is 59.2 Å². The van der Waals surface area contributed by atoms with E-state index in [1.54, 1.807) is 40.4 Å². The van der Waals surface area contributed by atoms with Crippen LogP contribution in [0.3, 0.4) is 0 Å². The van der Waals surface area contributed by atoms with Gasteiger partial charge < -0.3 is 0 Å². The van der Waals surface area contributed by atoms with Crippen molar-refractivity contribution in [2.45, 2.75) is 38.1 Å². The number of aromatic nitrogens is 2. The van der Waals surface area contributed by atoms with Crippen LogP contribution >= 0.6 is 23.1 Å². The van der Waals surface area contributed by atoms with Gasteiger partial charge in [0, 0.05) is 22.9 Å². The maximum absolute atomic E-state index is 13.6. The van der Waals surface area contributed by atoms with Gasteiger partial charge in [0.2, 0.25) is 0 Å². The third-order valence-corrected chi connectivity index (χ3v) is 6.95. The number of hydrogen-bond acceptors (Lipinski definition) is 5. The summed E-state index contributed by atoms with van der Waals surface area (Å²) in [4.78, 5) is 25.7. The van der Waals surface area contributed by atoms with Crippen LogP contribution in [0.1, 0.15) is 48.2 Å². The number of amides is 1. The molecule has 4 aromatic rings. The summed E-state index contributed by atoms with van der Waals surface area (Å²) in [6.07, 6.45) is 3.54. The lowest BCUT2D eigenvalue weighted by atomic mass is 10.0. The fourth-order valence-corrected chi connectivity index (χ4v) is 5.12. The van der Waals surface area contributed by atoms with Crippen LogP contribution in [0.25, 0.3) is 10.2 Å². The Kier molecular flexibility index (Phi) is 6.68. The second-order valence-corrected chi connectivity index (χ2v) is 9.90. The second-order valence-electron chi connectivity index (χ2n) is 7.56. The molecule has 0 aliphatic heterocycles. The van der Waals surface area contributed by atoms with Gasteiger partial charge in [-0.2, -0.15) is 0 Å². The maximum Gasteiger partial charge on any atom is 0.260 e. The van der Waals surface area contributed by atoms with Gasteiger partial charge in [-0.25, -0.2) is 4.98 Å². The summed E-state index contributed by atoms with van der Waals surface area (Å²) in [7, 11) is 0. The Bertz CT molecular complexity index is 1170. The average molecular weight is 448 g/mol. The van der Waals surface area contributed by atoms with E-state index >= 15 is 0 Å². The van der Waals surface area contributed by atoms with E-state index in [2.05, 4.69) is 44.0 Å². The van der Waals surface area contributed by atoms with Crippen LogP contribution in [0.15, 0.2) is 71.9 Å². The lowest BCUT2D eigenvalue weighted by Gasteiger charge is -2.20. The quantitative estimate of drug-likeness (QED) is 0.293. The highest BCUT2D eigenvalue weighted by atomic mass is 32.2. The highest BCUT2D eigenvalue weighted by Crippen LogP contribution is 2.34. The fraction of sp³-hybridized carbons (Fsp3) is 0.240. The summed E-state index contributed by atoms with van der Waals surface area (Å²) in [5, 5.41) is 0.712. The van der Waals surface area contributed by atoms with Crippen molar-refractivity contribution in [1.82, 2.24) is 9.97 Å². The van der Waals surface area contributed by atoms with E-state index in [9.17, 15) is 4.79 Å². The van der Waals surface area contributed by atoms with E-state index in [4.69, 9.17) is 4.98 Å². The predicted octanol–water partition coefficient (Wildman–Crippen LogP) is 6.77. The van der Waals surface area contributed by atoms with E-state index in [1.807, 2.05) is 36.4 Å². The van der Waals surface area contributed by atoms with Crippen molar-refractivity contribution >= 4 is 44.4 Å². The number of hydrogen-bond donors (Lipinski definition) is 0. The van der Waals surface area contributed by atoms with Gasteiger partial charge in [0.05, 0.1) is 16.8 Å². The maximum atomic E-state index is 13.6. The number of anilines is 1. The van der Waals surface area contributed by atoms with Crippen molar-refractivity contribution in [1.29, 1.82) is 0 Å². The third kappa shape index (κ3) is 4.81. The molecule has 0 saturated heterocycles. The summed E-state index contributed by atoms with van der Waals surface area (Å²) < 4.78 is 1.10. The fourth-order valence-electron chi connectivity index (χ4n) is 3.46. The van der Waals surface area contributed by atoms with Crippen molar-refractivity contribution < 1.29 is 4.79 Å². The number of carbonyl (C=O) groups is 1. The molecule has 0 fully saturated rings. The molecule has 0 atom stereocenters. The molecule has 0 N–H and O–H groups in total. The van der Waals surface area contributed by atoms with Gasteiger partial charge in [-0.15, -0.1) is 11.8 Å². The van der Waals surface area contributed by atoms with Gasteiger partial charge in [-0.3, -0.25) is 14.7 Å². The van der Waals surface area contributed by atoms with Crippen LogP contribution in [-0.2, 0) is 6.54 Å². The Morgan fingerprint density at radius 2 is 1.90 bits per heavy atom. The largest absolute Gasteiger partial charge is 0.279 e. The molecule has 0 bridgehead atoms. The topological polar surface area (TPSA) is 46.1 Å². The Labute approximate surface area is 191 Å². The third-order valence-electron chi connectivity index (χ3n) is 5.01. The van der Waals surface area contributed by atoms with Crippen molar-refractivity contribution in [2.24, 2.45) is 0 Å². The van der Waals surface area contributed by atoms with Gasteiger partial charge in [0.1, 0.15) is 0 Å². The van der Waals surface area contributed by atoms with E-state index in [0.29, 0.717) is 23.2 Å². The molecule has 0 saturated carbocycles. The Hall–Kier alpha value is -2.70. The number of pyridine rings is 1. The Morgan fingerprint density at radius 1 is 1.10 bits per heavy atom. The van der Waals surface area contributed by atoms with Gasteiger partial charge >= 0.3 is 0 Å². The normalized spacial score (nSPS) is 11.2. The molecule has 0 aliphatic rings. The zero-order chi connectivity index (χ0) is 21.8. The molecule has 0 radical (unpaired) electrons. The Morgan fingerprint density at radius 3 is 2.58 bits per heavy atom. The van der Waals surface area contributed by atoms with Crippen LogP contribution in [0.5, 0.6) is 0 Å². The molecular formula is C25H25N3OS2. The van der Waals surface area contributed by atoms with Crippen molar-refractivity contribution in [2.75, 3.05) is 10.7 Å².